The van der Waals surface area contributed by atoms with Gasteiger partial charge < -0.3 is 15.6 Å². The van der Waals surface area contributed by atoms with Gasteiger partial charge in [0, 0.05) is 28.8 Å². The highest BCUT2D eigenvalue weighted by molar-refractivity contribution is 7.98. The fourth-order valence-corrected chi connectivity index (χ4v) is 3.80. The number of aryl methyl sites for hydroxylation is 2. The molecule has 0 aliphatic heterocycles. The minimum Gasteiger partial charge on any atom is -0.361 e. The van der Waals surface area contributed by atoms with E-state index >= 15 is 0 Å². The zero-order valence-electron chi connectivity index (χ0n) is 15.2. The first kappa shape index (κ1) is 19.5. The van der Waals surface area contributed by atoms with E-state index in [4.69, 9.17) is 10.3 Å². The highest BCUT2D eigenvalue weighted by atomic mass is 32.2. The molecule has 1 atom stereocenters. The second kappa shape index (κ2) is 9.63. The van der Waals surface area contributed by atoms with Crippen LogP contribution in [0.3, 0.4) is 0 Å². The molecule has 6 heteroatoms. The Labute approximate surface area is 153 Å². The fraction of sp³-hybridized carbons (Fsp3) is 0.474. The molecule has 5 nitrogen and oxygen atoms in total. The topological polar surface area (TPSA) is 81.1 Å². The van der Waals surface area contributed by atoms with Gasteiger partial charge in [0.15, 0.2) is 0 Å². The lowest BCUT2D eigenvalue weighted by Crippen LogP contribution is -2.40. The van der Waals surface area contributed by atoms with Crippen molar-refractivity contribution in [2.24, 2.45) is 5.73 Å². The van der Waals surface area contributed by atoms with Crippen LogP contribution >= 0.6 is 11.8 Å². The van der Waals surface area contributed by atoms with Crippen molar-refractivity contribution in [3.63, 3.8) is 0 Å². The quantitative estimate of drug-likeness (QED) is 0.663. The van der Waals surface area contributed by atoms with Crippen LogP contribution in [0.15, 0.2) is 33.7 Å². The summed E-state index contributed by atoms with van der Waals surface area (Å²) in [7, 11) is 0. The monoisotopic (exact) mass is 361 g/mol. The van der Waals surface area contributed by atoms with E-state index in [2.05, 4.69) is 17.4 Å². The molecule has 0 aliphatic rings. The second-order valence-corrected chi connectivity index (χ2v) is 7.15. The van der Waals surface area contributed by atoms with E-state index in [9.17, 15) is 4.79 Å². The third-order valence-corrected chi connectivity index (χ3v) is 5.31. The number of rotatable bonds is 9. The van der Waals surface area contributed by atoms with Crippen LogP contribution in [-0.4, -0.2) is 23.7 Å². The number of aromatic nitrogens is 1. The Hall–Kier alpha value is -1.79. The summed E-state index contributed by atoms with van der Waals surface area (Å²) in [5.41, 5.74) is 8.47. The van der Waals surface area contributed by atoms with Crippen molar-refractivity contribution >= 4 is 17.7 Å². The summed E-state index contributed by atoms with van der Waals surface area (Å²) in [6, 6.07) is 7.69. The number of hydrogen-bond acceptors (Lipinski definition) is 5. The van der Waals surface area contributed by atoms with Crippen LogP contribution in [0.1, 0.15) is 53.6 Å². The van der Waals surface area contributed by atoms with E-state index in [1.165, 1.54) is 0 Å². The molecule has 0 aliphatic carbocycles. The minimum atomic E-state index is -0.0617. The summed E-state index contributed by atoms with van der Waals surface area (Å²) >= 11 is 1.62. The van der Waals surface area contributed by atoms with Crippen LogP contribution in [0, 0.1) is 13.8 Å². The minimum absolute atomic E-state index is 0.0214. The van der Waals surface area contributed by atoms with Gasteiger partial charge in [-0.2, -0.15) is 0 Å². The number of unbranched alkanes of at least 4 members (excludes halogenated alkanes) is 1. The van der Waals surface area contributed by atoms with Crippen LogP contribution in [0.4, 0.5) is 0 Å². The first-order valence-corrected chi connectivity index (χ1v) is 9.69. The van der Waals surface area contributed by atoms with Crippen molar-refractivity contribution in [1.82, 2.24) is 10.5 Å². The number of benzene rings is 1. The Kier molecular flexibility index (Phi) is 7.52. The van der Waals surface area contributed by atoms with E-state index in [0.717, 1.165) is 46.9 Å². The molecule has 25 heavy (non-hydrogen) atoms. The first-order valence-electron chi connectivity index (χ1n) is 8.71. The van der Waals surface area contributed by atoms with Crippen molar-refractivity contribution < 1.29 is 9.32 Å². The average molecular weight is 362 g/mol. The molecule has 0 bridgehead atoms. The molecule has 0 radical (unpaired) electrons. The lowest BCUT2D eigenvalue weighted by atomic mass is 10.1. The normalized spacial score (nSPS) is 12.2. The van der Waals surface area contributed by atoms with Crippen molar-refractivity contribution in [3.8, 4) is 0 Å². The highest BCUT2D eigenvalue weighted by Crippen LogP contribution is 2.28. The van der Waals surface area contributed by atoms with Gasteiger partial charge in [0.05, 0.1) is 11.3 Å². The molecular formula is C19H27N3O2S. The van der Waals surface area contributed by atoms with E-state index in [1.54, 1.807) is 11.8 Å². The third-order valence-electron chi connectivity index (χ3n) is 4.21. The Morgan fingerprint density at radius 3 is 2.76 bits per heavy atom. The number of hydrogen-bond donors (Lipinski definition) is 2. The number of carbonyl (C=O) groups is 1. The summed E-state index contributed by atoms with van der Waals surface area (Å²) in [6.07, 6.45) is 3.06. The molecule has 1 unspecified atom stereocenters. The number of thioether (sulfide) groups is 1. The molecule has 1 aromatic carbocycles. The predicted molar refractivity (Wildman–Crippen MR) is 102 cm³/mol. The predicted octanol–water partition coefficient (Wildman–Crippen LogP) is 3.83. The Morgan fingerprint density at radius 1 is 1.36 bits per heavy atom. The van der Waals surface area contributed by atoms with Crippen molar-refractivity contribution in [2.45, 2.75) is 56.7 Å². The molecule has 1 amide bonds. The van der Waals surface area contributed by atoms with Gasteiger partial charge in [-0.25, -0.2) is 0 Å². The molecule has 2 rings (SSSR count). The van der Waals surface area contributed by atoms with Gasteiger partial charge in [-0.05, 0) is 32.4 Å². The number of amides is 1. The maximum atomic E-state index is 12.7. The Balaban J connectivity index is 2.07. The Morgan fingerprint density at radius 2 is 2.12 bits per heavy atom. The van der Waals surface area contributed by atoms with Gasteiger partial charge in [0.1, 0.15) is 5.76 Å². The van der Waals surface area contributed by atoms with Crippen LogP contribution in [-0.2, 0) is 5.75 Å². The van der Waals surface area contributed by atoms with Crippen LogP contribution in [0.5, 0.6) is 0 Å². The molecule has 1 aromatic heterocycles. The summed E-state index contributed by atoms with van der Waals surface area (Å²) in [6.45, 7) is 6.44. The largest absolute Gasteiger partial charge is 0.361 e. The smallest absolute Gasteiger partial charge is 0.252 e. The van der Waals surface area contributed by atoms with Crippen LogP contribution in [0.2, 0.25) is 0 Å². The molecule has 0 spiro atoms. The maximum absolute atomic E-state index is 12.7. The van der Waals surface area contributed by atoms with Crippen LogP contribution < -0.4 is 11.1 Å². The third kappa shape index (κ3) is 5.34. The molecule has 136 valence electrons. The van der Waals surface area contributed by atoms with Crippen LogP contribution in [0.25, 0.3) is 0 Å². The lowest BCUT2D eigenvalue weighted by Gasteiger charge is -2.17. The zero-order chi connectivity index (χ0) is 18.2. The van der Waals surface area contributed by atoms with E-state index in [-0.39, 0.29) is 11.9 Å². The maximum Gasteiger partial charge on any atom is 0.252 e. The number of carbonyl (C=O) groups excluding carboxylic acids is 1. The van der Waals surface area contributed by atoms with E-state index in [0.29, 0.717) is 12.1 Å². The SMILES string of the molecule is CCCCC(CN)NC(=O)c1ccccc1SCc1c(C)noc1C. The van der Waals surface area contributed by atoms with Crippen molar-refractivity contribution in [1.29, 1.82) is 0 Å². The molecule has 3 N–H and O–H groups in total. The molecule has 0 saturated carbocycles. The first-order chi connectivity index (χ1) is 12.1. The summed E-state index contributed by atoms with van der Waals surface area (Å²) in [5, 5.41) is 7.05. The summed E-state index contributed by atoms with van der Waals surface area (Å²) in [4.78, 5) is 13.6. The van der Waals surface area contributed by atoms with Crippen molar-refractivity contribution in [3.05, 3.63) is 46.8 Å². The van der Waals surface area contributed by atoms with Gasteiger partial charge >= 0.3 is 0 Å². The van der Waals surface area contributed by atoms with Crippen molar-refractivity contribution in [2.75, 3.05) is 6.54 Å². The summed E-state index contributed by atoms with van der Waals surface area (Å²) < 4.78 is 5.21. The Bertz CT molecular complexity index is 680. The molecule has 0 saturated heterocycles. The lowest BCUT2D eigenvalue weighted by molar-refractivity contribution is 0.0933. The van der Waals surface area contributed by atoms with Gasteiger partial charge in [0.25, 0.3) is 5.91 Å². The highest BCUT2D eigenvalue weighted by Gasteiger charge is 2.16. The summed E-state index contributed by atoms with van der Waals surface area (Å²) in [5.74, 6) is 1.49. The van der Waals surface area contributed by atoms with Gasteiger partial charge in [-0.3, -0.25) is 4.79 Å². The standard InChI is InChI=1S/C19H27N3O2S/c1-4-5-8-15(11-20)21-19(23)16-9-6-7-10-18(16)25-12-17-13(2)22-24-14(17)3/h6-7,9-10,15H,4-5,8,11-12,20H2,1-3H3,(H,21,23). The van der Waals surface area contributed by atoms with E-state index < -0.39 is 0 Å². The molecule has 2 aromatic rings. The number of nitrogens with one attached hydrogen (secondary N) is 1. The molecule has 1 heterocycles. The average Bonchev–Trinajstić information content (AvgIpc) is 2.94. The van der Waals surface area contributed by atoms with Gasteiger partial charge in [-0.1, -0.05) is 37.1 Å². The van der Waals surface area contributed by atoms with Gasteiger partial charge in [-0.15, -0.1) is 11.8 Å². The second-order valence-electron chi connectivity index (χ2n) is 6.14. The fourth-order valence-electron chi connectivity index (χ4n) is 2.60. The zero-order valence-corrected chi connectivity index (χ0v) is 16.0. The molecule has 0 fully saturated rings. The number of nitrogens with two attached hydrogens (primary N) is 1. The molecular weight excluding hydrogens is 334 g/mol. The number of nitrogens with zero attached hydrogens (tertiary/aromatic N) is 1. The van der Waals surface area contributed by atoms with E-state index in [1.807, 2.05) is 38.1 Å². The van der Waals surface area contributed by atoms with Gasteiger partial charge in [0.2, 0.25) is 0 Å².